The molecule has 1 atom stereocenters. The molecule has 2 nitrogen and oxygen atoms in total. The van der Waals surface area contributed by atoms with E-state index in [1.807, 2.05) is 0 Å². The van der Waals surface area contributed by atoms with Gasteiger partial charge in [0.1, 0.15) is 0 Å². The Morgan fingerprint density at radius 3 is 2.33 bits per heavy atom. The van der Waals surface area contributed by atoms with Crippen molar-refractivity contribution < 1.29 is 4.18 Å². The lowest BCUT2D eigenvalue weighted by Crippen LogP contribution is -1.71. The van der Waals surface area contributed by atoms with Gasteiger partial charge in [0, 0.05) is 16.6 Å². The molecular weight excluding hydrogens is 118 g/mol. The lowest BCUT2D eigenvalue weighted by molar-refractivity contribution is 0.489. The maximum atomic E-state index is 4.62. The van der Waals surface area contributed by atoms with Gasteiger partial charge in [-0.25, -0.2) is 4.36 Å². The molecule has 0 saturated carbocycles. The van der Waals surface area contributed by atoms with E-state index in [1.165, 1.54) is 0 Å². The van der Waals surface area contributed by atoms with Crippen LogP contribution in [0.25, 0.3) is 0 Å². The third-order valence-electron chi connectivity index (χ3n) is 0.319. The van der Waals surface area contributed by atoms with E-state index in [4.69, 9.17) is 0 Å². The molecule has 0 rings (SSSR count). The van der Waals surface area contributed by atoms with E-state index in [-0.39, 0.29) is 0 Å². The van der Waals surface area contributed by atoms with Gasteiger partial charge in [-0.1, -0.05) is 0 Å². The smallest absolute Gasteiger partial charge is 0.0513 e. The highest BCUT2D eigenvalue weighted by Crippen LogP contribution is 1.67. The molecule has 38 valence electrons. The van der Waals surface area contributed by atoms with Crippen LogP contribution in [0.4, 0.5) is 0 Å². The van der Waals surface area contributed by atoms with Gasteiger partial charge < -0.3 is 4.18 Å². The zero-order chi connectivity index (χ0) is 4.99. The van der Waals surface area contributed by atoms with Crippen LogP contribution in [0.2, 0.25) is 0 Å². The lowest BCUT2D eigenvalue weighted by Gasteiger charge is -1.80. The normalized spacial score (nSPS) is 15.0. The zero-order valence-corrected chi connectivity index (χ0v) is 5.42. The molecule has 4 heteroatoms. The molecule has 0 N–H and O–H groups in total. The number of thiol groups is 1. The third kappa shape index (κ3) is 2.56. The molecule has 1 unspecified atom stereocenters. The Morgan fingerprint density at radius 2 is 2.33 bits per heavy atom. The summed E-state index contributed by atoms with van der Waals surface area (Å²) in [5.41, 5.74) is 0. The van der Waals surface area contributed by atoms with E-state index in [2.05, 4.69) is 19.7 Å². The molecule has 0 aromatic rings. The highest BCUT2D eigenvalue weighted by atomic mass is 32.8. The van der Waals surface area contributed by atoms with Crippen molar-refractivity contribution in [1.82, 2.24) is 0 Å². The SMILES string of the molecule is CN=[SH](=S)OC. The number of hydrogen-bond donors (Lipinski definition) is 1. The molecule has 0 amide bonds. The predicted octanol–water partition coefficient (Wildman–Crippen LogP) is 0.174. The van der Waals surface area contributed by atoms with Gasteiger partial charge in [0.05, 0.1) is 7.11 Å². The molecule has 0 radical (unpaired) electrons. The van der Waals surface area contributed by atoms with Crippen molar-refractivity contribution in [2.45, 2.75) is 0 Å². The average Bonchev–Trinajstić information content (AvgIpc) is 1.65. The fraction of sp³-hybridized carbons (Fsp3) is 1.00. The van der Waals surface area contributed by atoms with Crippen LogP contribution in [0.5, 0.6) is 0 Å². The minimum atomic E-state index is -0.868. The highest BCUT2D eigenvalue weighted by Gasteiger charge is 1.58. The monoisotopic (exact) mass is 125 g/mol. The minimum Gasteiger partial charge on any atom is -0.310 e. The van der Waals surface area contributed by atoms with Crippen molar-refractivity contribution in [1.29, 1.82) is 0 Å². The third-order valence-corrected chi connectivity index (χ3v) is 1.90. The van der Waals surface area contributed by atoms with Gasteiger partial charge >= 0.3 is 0 Å². The van der Waals surface area contributed by atoms with E-state index < -0.39 is 9.53 Å². The van der Waals surface area contributed by atoms with Crippen molar-refractivity contribution in [3.8, 4) is 0 Å². The largest absolute Gasteiger partial charge is 0.310 e. The number of hydrogen-bond acceptors (Lipinski definition) is 3. The Morgan fingerprint density at radius 1 is 1.83 bits per heavy atom. The van der Waals surface area contributed by atoms with E-state index in [1.54, 1.807) is 14.2 Å². The summed E-state index contributed by atoms with van der Waals surface area (Å²) in [7, 11) is 2.35. The zero-order valence-electron chi connectivity index (χ0n) is 3.71. The van der Waals surface area contributed by atoms with Crippen LogP contribution in [0.15, 0.2) is 4.36 Å². The van der Waals surface area contributed by atoms with Crippen LogP contribution in [0.1, 0.15) is 0 Å². The summed E-state index contributed by atoms with van der Waals surface area (Å²) in [6.45, 7) is 0. The summed E-state index contributed by atoms with van der Waals surface area (Å²) in [6.07, 6.45) is 0. The van der Waals surface area contributed by atoms with Gasteiger partial charge in [-0.2, -0.15) is 0 Å². The minimum absolute atomic E-state index is 0.868. The Bertz CT molecular complexity index is 93.7. The molecule has 0 saturated heterocycles. The van der Waals surface area contributed by atoms with Crippen LogP contribution < -0.4 is 0 Å². The van der Waals surface area contributed by atoms with Gasteiger partial charge in [0.15, 0.2) is 0 Å². The second-order valence-electron chi connectivity index (χ2n) is 0.620. The Balaban J connectivity index is 3.54. The summed E-state index contributed by atoms with van der Waals surface area (Å²) in [5, 5.41) is 0. The van der Waals surface area contributed by atoms with Gasteiger partial charge in [-0.3, -0.25) is 0 Å². The standard InChI is InChI=1S/C2H7NOS2/c1-3-6(5)4-2/h6H,1-2H3. The second kappa shape index (κ2) is 3.52. The summed E-state index contributed by atoms with van der Waals surface area (Å²) >= 11 is 4.62. The highest BCUT2D eigenvalue weighted by molar-refractivity contribution is 8.20. The first-order chi connectivity index (χ1) is 2.81. The summed E-state index contributed by atoms with van der Waals surface area (Å²) < 4.78 is 8.28. The fourth-order valence-corrected chi connectivity index (χ4v) is 0.245. The van der Waals surface area contributed by atoms with Crippen molar-refractivity contribution in [2.24, 2.45) is 4.36 Å². The number of rotatable bonds is 1. The van der Waals surface area contributed by atoms with E-state index in [9.17, 15) is 0 Å². The number of nitrogens with zero attached hydrogens (tertiary/aromatic N) is 1. The van der Waals surface area contributed by atoms with Crippen molar-refractivity contribution in [2.75, 3.05) is 14.2 Å². The molecule has 0 aromatic heterocycles. The molecule has 0 aliphatic heterocycles. The maximum absolute atomic E-state index is 4.62. The predicted molar refractivity (Wildman–Crippen MR) is 31.5 cm³/mol. The van der Waals surface area contributed by atoms with E-state index in [0.29, 0.717) is 0 Å². The van der Waals surface area contributed by atoms with Gasteiger partial charge in [-0.15, -0.1) is 0 Å². The van der Waals surface area contributed by atoms with Crippen LogP contribution >= 0.6 is 0 Å². The molecule has 0 spiro atoms. The molecule has 0 bridgehead atoms. The quantitative estimate of drug-likeness (QED) is 0.505. The van der Waals surface area contributed by atoms with E-state index in [0.717, 1.165) is 0 Å². The van der Waals surface area contributed by atoms with Gasteiger partial charge in [0.2, 0.25) is 0 Å². The van der Waals surface area contributed by atoms with Crippen LogP contribution in [-0.2, 0) is 24.9 Å². The summed E-state index contributed by atoms with van der Waals surface area (Å²) in [5.74, 6) is 0. The van der Waals surface area contributed by atoms with Crippen LogP contribution in [0, 0.1) is 0 Å². The van der Waals surface area contributed by atoms with Crippen LogP contribution in [0.3, 0.4) is 0 Å². The maximum Gasteiger partial charge on any atom is 0.0513 e. The first-order valence-corrected chi connectivity index (χ1v) is 3.65. The first kappa shape index (κ1) is 6.33. The van der Waals surface area contributed by atoms with Crippen molar-refractivity contribution in [3.63, 3.8) is 0 Å². The van der Waals surface area contributed by atoms with Crippen LogP contribution in [-0.4, -0.2) is 14.2 Å². The Hall–Kier alpha value is 0.330. The Kier molecular flexibility index (Phi) is 3.71. The molecule has 0 heterocycles. The van der Waals surface area contributed by atoms with Crippen molar-refractivity contribution >= 4 is 20.7 Å². The van der Waals surface area contributed by atoms with Gasteiger partial charge in [-0.05, 0) is 11.2 Å². The molecule has 0 aliphatic carbocycles. The Labute approximate surface area is 44.1 Å². The molecule has 6 heavy (non-hydrogen) atoms. The van der Waals surface area contributed by atoms with Gasteiger partial charge in [0.25, 0.3) is 0 Å². The molecular formula is C2H7NOS2. The molecule has 0 aromatic carbocycles. The summed E-state index contributed by atoms with van der Waals surface area (Å²) in [6, 6.07) is 0. The lowest BCUT2D eigenvalue weighted by atomic mass is 11.6. The summed E-state index contributed by atoms with van der Waals surface area (Å²) in [4.78, 5) is 0. The van der Waals surface area contributed by atoms with Crippen molar-refractivity contribution in [3.05, 3.63) is 0 Å². The average molecular weight is 125 g/mol. The molecule has 0 aliphatic rings. The molecule has 0 fully saturated rings. The second-order valence-corrected chi connectivity index (χ2v) is 2.80. The first-order valence-electron chi connectivity index (χ1n) is 1.42. The van der Waals surface area contributed by atoms with E-state index >= 15 is 0 Å². The topological polar surface area (TPSA) is 21.6 Å². The fourth-order valence-electron chi connectivity index (χ4n) is 0.0816.